The zero-order valence-corrected chi connectivity index (χ0v) is 12.8. The van der Waals surface area contributed by atoms with Crippen LogP contribution in [0.3, 0.4) is 0 Å². The molecule has 0 fully saturated rings. The van der Waals surface area contributed by atoms with Gasteiger partial charge in [-0.1, -0.05) is 29.5 Å². The Morgan fingerprint density at radius 3 is 2.86 bits per heavy atom. The lowest BCUT2D eigenvalue weighted by Gasteiger charge is -2.08. The van der Waals surface area contributed by atoms with Gasteiger partial charge in [0, 0.05) is 13.6 Å². The fraction of sp³-hybridized carbons (Fsp3) is 0.286. The topological polar surface area (TPSA) is 89.3 Å². The van der Waals surface area contributed by atoms with Crippen LogP contribution in [0.2, 0.25) is 0 Å². The Hall–Kier alpha value is -2.28. The summed E-state index contributed by atoms with van der Waals surface area (Å²) in [5, 5.41) is 6.34. The SMILES string of the molecule is CNc1nc(N)c(C(=O)NCCc2ccccc2OC)s1. The molecule has 0 aliphatic heterocycles. The van der Waals surface area contributed by atoms with Crippen LogP contribution in [0, 0.1) is 0 Å². The summed E-state index contributed by atoms with van der Waals surface area (Å²) in [6, 6.07) is 7.74. The van der Waals surface area contributed by atoms with Crippen LogP contribution in [0.15, 0.2) is 24.3 Å². The Morgan fingerprint density at radius 2 is 2.19 bits per heavy atom. The molecule has 2 aromatic rings. The number of carbonyl (C=O) groups is 1. The molecule has 7 heteroatoms. The minimum Gasteiger partial charge on any atom is -0.496 e. The summed E-state index contributed by atoms with van der Waals surface area (Å²) in [4.78, 5) is 16.5. The molecule has 1 heterocycles. The Morgan fingerprint density at radius 1 is 1.43 bits per heavy atom. The highest BCUT2D eigenvalue weighted by Crippen LogP contribution is 2.24. The van der Waals surface area contributed by atoms with Crippen molar-refractivity contribution in [3.63, 3.8) is 0 Å². The smallest absolute Gasteiger partial charge is 0.265 e. The monoisotopic (exact) mass is 306 g/mol. The van der Waals surface area contributed by atoms with Gasteiger partial charge in [-0.15, -0.1) is 0 Å². The Kier molecular flexibility index (Phi) is 4.99. The van der Waals surface area contributed by atoms with Crippen LogP contribution in [0.1, 0.15) is 15.2 Å². The first kappa shape index (κ1) is 15.1. The third-order valence-corrected chi connectivity index (χ3v) is 4.03. The maximum Gasteiger partial charge on any atom is 0.265 e. The molecule has 0 atom stereocenters. The van der Waals surface area contributed by atoms with Gasteiger partial charge in [-0.2, -0.15) is 0 Å². The molecular weight excluding hydrogens is 288 g/mol. The third-order valence-electron chi connectivity index (χ3n) is 2.95. The molecule has 1 aromatic heterocycles. The molecule has 0 radical (unpaired) electrons. The summed E-state index contributed by atoms with van der Waals surface area (Å²) in [5.74, 6) is 0.863. The molecule has 0 aliphatic rings. The van der Waals surface area contributed by atoms with Crippen LogP contribution < -0.4 is 21.1 Å². The first-order valence-corrected chi connectivity index (χ1v) is 7.31. The highest BCUT2D eigenvalue weighted by molar-refractivity contribution is 7.18. The van der Waals surface area contributed by atoms with Gasteiger partial charge in [0.2, 0.25) is 0 Å². The minimum absolute atomic E-state index is 0.207. The maximum absolute atomic E-state index is 12.1. The van der Waals surface area contributed by atoms with E-state index in [1.54, 1.807) is 14.2 Å². The first-order valence-electron chi connectivity index (χ1n) is 6.50. The fourth-order valence-electron chi connectivity index (χ4n) is 1.90. The number of nitrogen functional groups attached to an aromatic ring is 1. The van der Waals surface area contributed by atoms with Gasteiger partial charge in [0.15, 0.2) is 5.13 Å². The number of nitrogens with one attached hydrogen (secondary N) is 2. The number of para-hydroxylation sites is 1. The average molecular weight is 306 g/mol. The minimum atomic E-state index is -0.207. The van der Waals surface area contributed by atoms with Crippen LogP contribution in [0.25, 0.3) is 0 Å². The number of carbonyl (C=O) groups excluding carboxylic acids is 1. The second kappa shape index (κ2) is 6.94. The van der Waals surface area contributed by atoms with Gasteiger partial charge in [0.05, 0.1) is 7.11 Å². The van der Waals surface area contributed by atoms with E-state index in [0.29, 0.717) is 23.0 Å². The molecule has 2 rings (SSSR count). The molecule has 0 unspecified atom stereocenters. The van der Waals surface area contributed by atoms with Crippen molar-refractivity contribution in [3.8, 4) is 5.75 Å². The number of aromatic nitrogens is 1. The van der Waals surface area contributed by atoms with Crippen LogP contribution in [-0.2, 0) is 6.42 Å². The zero-order valence-electron chi connectivity index (χ0n) is 12.0. The molecule has 1 aromatic carbocycles. The molecule has 6 nitrogen and oxygen atoms in total. The van der Waals surface area contributed by atoms with E-state index in [1.807, 2.05) is 24.3 Å². The van der Waals surface area contributed by atoms with Crippen molar-refractivity contribution in [1.29, 1.82) is 0 Å². The van der Waals surface area contributed by atoms with Crippen molar-refractivity contribution in [1.82, 2.24) is 10.3 Å². The van der Waals surface area contributed by atoms with Gasteiger partial charge in [-0.3, -0.25) is 4.79 Å². The number of nitrogens with zero attached hydrogens (tertiary/aromatic N) is 1. The molecule has 112 valence electrons. The summed E-state index contributed by atoms with van der Waals surface area (Å²) < 4.78 is 5.28. The fourth-order valence-corrected chi connectivity index (χ4v) is 2.66. The van der Waals surface area contributed by atoms with Gasteiger partial charge in [-0.05, 0) is 18.1 Å². The maximum atomic E-state index is 12.1. The number of hydrogen-bond acceptors (Lipinski definition) is 6. The standard InChI is InChI=1S/C14H18N4O2S/c1-16-14-18-12(15)11(21-14)13(19)17-8-7-9-5-3-4-6-10(9)20-2/h3-6H,7-8,15H2,1-2H3,(H,16,18)(H,17,19). The van der Waals surface area contributed by atoms with Gasteiger partial charge in [-0.25, -0.2) is 4.98 Å². The lowest BCUT2D eigenvalue weighted by Crippen LogP contribution is -2.25. The molecule has 21 heavy (non-hydrogen) atoms. The van der Waals surface area contributed by atoms with Gasteiger partial charge in [0.1, 0.15) is 16.4 Å². The van der Waals surface area contributed by atoms with Crippen molar-refractivity contribution >= 4 is 28.2 Å². The van der Waals surface area contributed by atoms with E-state index in [2.05, 4.69) is 15.6 Å². The lowest BCUT2D eigenvalue weighted by atomic mass is 10.1. The molecule has 1 amide bonds. The number of amides is 1. The summed E-state index contributed by atoms with van der Waals surface area (Å²) in [6.07, 6.45) is 0.688. The number of ether oxygens (including phenoxy) is 1. The number of hydrogen-bond donors (Lipinski definition) is 3. The highest BCUT2D eigenvalue weighted by atomic mass is 32.1. The molecule has 0 spiro atoms. The predicted octanol–water partition coefficient (Wildman–Crippen LogP) is 1.75. The number of anilines is 2. The van der Waals surface area contributed by atoms with Crippen LogP contribution >= 0.6 is 11.3 Å². The van der Waals surface area contributed by atoms with Crippen molar-refractivity contribution in [2.45, 2.75) is 6.42 Å². The summed E-state index contributed by atoms with van der Waals surface area (Å²) in [5.41, 5.74) is 6.77. The van der Waals surface area contributed by atoms with E-state index >= 15 is 0 Å². The molecule has 0 aliphatic carbocycles. The van der Waals surface area contributed by atoms with Crippen molar-refractivity contribution in [2.75, 3.05) is 31.8 Å². The van der Waals surface area contributed by atoms with E-state index in [-0.39, 0.29) is 11.7 Å². The normalized spacial score (nSPS) is 10.2. The number of benzene rings is 1. The molecular formula is C14H18N4O2S. The Labute approximate surface area is 127 Å². The van der Waals surface area contributed by atoms with Gasteiger partial charge >= 0.3 is 0 Å². The average Bonchev–Trinajstić information content (AvgIpc) is 2.89. The summed E-state index contributed by atoms with van der Waals surface area (Å²) >= 11 is 1.24. The van der Waals surface area contributed by atoms with Crippen molar-refractivity contribution in [2.24, 2.45) is 0 Å². The quantitative estimate of drug-likeness (QED) is 0.756. The van der Waals surface area contributed by atoms with Crippen molar-refractivity contribution in [3.05, 3.63) is 34.7 Å². The van der Waals surface area contributed by atoms with Gasteiger partial charge in [0.25, 0.3) is 5.91 Å². The molecule has 0 saturated carbocycles. The van der Waals surface area contributed by atoms with Crippen LogP contribution in [0.5, 0.6) is 5.75 Å². The number of nitrogens with two attached hydrogens (primary N) is 1. The summed E-state index contributed by atoms with van der Waals surface area (Å²) in [6.45, 7) is 0.505. The van der Waals surface area contributed by atoms with E-state index in [1.165, 1.54) is 11.3 Å². The molecule has 4 N–H and O–H groups in total. The van der Waals surface area contributed by atoms with Crippen molar-refractivity contribution < 1.29 is 9.53 Å². The van der Waals surface area contributed by atoms with E-state index < -0.39 is 0 Å². The highest BCUT2D eigenvalue weighted by Gasteiger charge is 2.15. The Balaban J connectivity index is 1.93. The van der Waals surface area contributed by atoms with Crippen LogP contribution in [0.4, 0.5) is 10.9 Å². The van der Waals surface area contributed by atoms with E-state index in [4.69, 9.17) is 10.5 Å². The number of thiazole rings is 1. The second-order valence-electron chi connectivity index (χ2n) is 4.30. The summed E-state index contributed by atoms with van der Waals surface area (Å²) in [7, 11) is 3.37. The first-order chi connectivity index (χ1) is 10.2. The second-order valence-corrected chi connectivity index (χ2v) is 5.30. The largest absolute Gasteiger partial charge is 0.496 e. The Bertz CT molecular complexity index is 627. The predicted molar refractivity (Wildman–Crippen MR) is 85.1 cm³/mol. The lowest BCUT2D eigenvalue weighted by molar-refractivity contribution is 0.0958. The van der Waals surface area contributed by atoms with E-state index in [0.717, 1.165) is 11.3 Å². The number of methoxy groups -OCH3 is 1. The van der Waals surface area contributed by atoms with E-state index in [9.17, 15) is 4.79 Å². The number of rotatable bonds is 6. The molecule has 0 saturated heterocycles. The molecule has 0 bridgehead atoms. The third kappa shape index (κ3) is 3.63. The zero-order chi connectivity index (χ0) is 15.2. The van der Waals surface area contributed by atoms with Crippen LogP contribution in [-0.4, -0.2) is 31.6 Å². The van der Waals surface area contributed by atoms with Gasteiger partial charge < -0.3 is 21.1 Å².